The van der Waals surface area contributed by atoms with E-state index in [9.17, 15) is 18.0 Å². The zero-order valence-corrected chi connectivity index (χ0v) is 17.5. The number of methoxy groups -OCH3 is 1. The number of hydrogen-bond donors (Lipinski definition) is 0. The molecule has 1 saturated carbocycles. The number of nitrogens with zero attached hydrogens (tertiary/aromatic N) is 3. The number of piperidine rings is 1. The Morgan fingerprint density at radius 3 is 2.30 bits per heavy atom. The fourth-order valence-corrected chi connectivity index (χ4v) is 6.47. The molecule has 0 aromatic carbocycles. The molecule has 1 aliphatic carbocycles. The summed E-state index contributed by atoms with van der Waals surface area (Å²) >= 11 is 0. The third kappa shape index (κ3) is 3.38. The average molecular weight is 402 g/mol. The van der Waals surface area contributed by atoms with Crippen molar-refractivity contribution in [3.8, 4) is 0 Å². The molecule has 2 aliphatic heterocycles. The van der Waals surface area contributed by atoms with E-state index in [1.165, 1.54) is 17.7 Å². The number of amides is 2. The predicted molar refractivity (Wildman–Crippen MR) is 100 cm³/mol. The Hall–Kier alpha value is -1.19. The molecule has 0 N–H and O–H groups in total. The molecular weight excluding hydrogens is 370 g/mol. The molecular formula is C18H31N3O5S. The summed E-state index contributed by atoms with van der Waals surface area (Å²) in [4.78, 5) is 28.7. The molecule has 3 aliphatic rings. The maximum Gasteiger partial charge on any atom is 0.248 e. The van der Waals surface area contributed by atoms with Crippen LogP contribution < -0.4 is 0 Å². The lowest BCUT2D eigenvalue weighted by atomic mass is 9.65. The second kappa shape index (κ2) is 7.00. The fraction of sp³-hybridized carbons (Fsp3) is 0.889. The van der Waals surface area contributed by atoms with Crippen molar-refractivity contribution in [2.75, 3.05) is 60.2 Å². The van der Waals surface area contributed by atoms with Crippen LogP contribution in [-0.4, -0.2) is 94.6 Å². The van der Waals surface area contributed by atoms with Crippen LogP contribution in [-0.2, 0) is 24.3 Å². The van der Waals surface area contributed by atoms with E-state index >= 15 is 0 Å². The summed E-state index contributed by atoms with van der Waals surface area (Å²) in [5.74, 6) is 0.0351. The lowest BCUT2D eigenvalue weighted by Crippen LogP contribution is -2.50. The number of ether oxygens (including phenoxy) is 1. The minimum atomic E-state index is -3.35. The van der Waals surface area contributed by atoms with Crippen LogP contribution in [0, 0.1) is 16.7 Å². The van der Waals surface area contributed by atoms with Crippen LogP contribution in [0.2, 0.25) is 0 Å². The Balaban J connectivity index is 1.86. The van der Waals surface area contributed by atoms with Crippen molar-refractivity contribution in [1.29, 1.82) is 0 Å². The quantitative estimate of drug-likeness (QED) is 0.662. The summed E-state index contributed by atoms with van der Waals surface area (Å²) in [6.45, 7) is 2.06. The Labute approximate surface area is 161 Å². The fourth-order valence-electron chi connectivity index (χ4n) is 5.58. The molecule has 154 valence electrons. The highest BCUT2D eigenvalue weighted by atomic mass is 32.2. The molecule has 0 radical (unpaired) electrons. The molecule has 1 spiro atoms. The normalized spacial score (nSPS) is 30.5. The van der Waals surface area contributed by atoms with Gasteiger partial charge in [-0.2, -0.15) is 0 Å². The van der Waals surface area contributed by atoms with Crippen LogP contribution in [0.1, 0.15) is 25.7 Å². The minimum absolute atomic E-state index is 0.00861. The highest BCUT2D eigenvalue weighted by molar-refractivity contribution is 7.88. The van der Waals surface area contributed by atoms with Gasteiger partial charge in [-0.3, -0.25) is 9.59 Å². The van der Waals surface area contributed by atoms with E-state index in [4.69, 9.17) is 4.74 Å². The maximum atomic E-state index is 13.1. The molecule has 2 heterocycles. The van der Waals surface area contributed by atoms with Gasteiger partial charge in [0.1, 0.15) is 6.61 Å². The van der Waals surface area contributed by atoms with Crippen molar-refractivity contribution in [2.45, 2.75) is 25.7 Å². The molecule has 2 amide bonds. The third-order valence-corrected chi connectivity index (χ3v) is 8.22. The molecule has 3 rings (SSSR count). The first kappa shape index (κ1) is 20.5. The molecule has 8 nitrogen and oxygen atoms in total. The second-order valence-electron chi connectivity index (χ2n) is 8.64. The molecule has 9 heteroatoms. The van der Waals surface area contributed by atoms with E-state index in [0.29, 0.717) is 26.1 Å². The smallest absolute Gasteiger partial charge is 0.248 e. The Bertz CT molecular complexity index is 715. The van der Waals surface area contributed by atoms with Gasteiger partial charge in [-0.15, -0.1) is 0 Å². The molecule has 0 bridgehead atoms. The van der Waals surface area contributed by atoms with Gasteiger partial charge in [0.2, 0.25) is 21.8 Å². The number of carbonyl (C=O) groups excluding carboxylic acids is 2. The first-order chi connectivity index (χ1) is 12.6. The zero-order valence-electron chi connectivity index (χ0n) is 16.7. The molecule has 27 heavy (non-hydrogen) atoms. The Morgan fingerprint density at radius 2 is 1.78 bits per heavy atom. The van der Waals surface area contributed by atoms with E-state index in [1.807, 2.05) is 4.90 Å². The van der Waals surface area contributed by atoms with Crippen molar-refractivity contribution in [3.05, 3.63) is 0 Å². The number of rotatable bonds is 4. The number of fused-ring (bicyclic) bond motifs is 2. The highest BCUT2D eigenvalue weighted by Gasteiger charge is 2.65. The van der Waals surface area contributed by atoms with Gasteiger partial charge in [0.25, 0.3) is 0 Å². The van der Waals surface area contributed by atoms with Crippen LogP contribution in [0.5, 0.6) is 0 Å². The highest BCUT2D eigenvalue weighted by Crippen LogP contribution is 2.62. The summed E-state index contributed by atoms with van der Waals surface area (Å²) in [6.07, 6.45) is 4.48. The van der Waals surface area contributed by atoms with Gasteiger partial charge in [0.15, 0.2) is 0 Å². The first-order valence-electron chi connectivity index (χ1n) is 9.49. The van der Waals surface area contributed by atoms with Gasteiger partial charge < -0.3 is 14.5 Å². The topological polar surface area (TPSA) is 87.2 Å². The van der Waals surface area contributed by atoms with Crippen LogP contribution in [0.4, 0.5) is 0 Å². The monoisotopic (exact) mass is 401 g/mol. The molecule has 0 aromatic rings. The van der Waals surface area contributed by atoms with Gasteiger partial charge in [0, 0.05) is 47.4 Å². The van der Waals surface area contributed by atoms with Crippen LogP contribution in [0.25, 0.3) is 0 Å². The van der Waals surface area contributed by atoms with E-state index in [2.05, 4.69) is 0 Å². The number of hydrogen-bond acceptors (Lipinski definition) is 5. The third-order valence-electron chi connectivity index (χ3n) is 7.00. The second-order valence-corrected chi connectivity index (χ2v) is 10.6. The van der Waals surface area contributed by atoms with E-state index in [0.717, 1.165) is 19.3 Å². The number of likely N-dealkylation sites (tertiary alicyclic amines) is 1. The van der Waals surface area contributed by atoms with Crippen LogP contribution in [0.15, 0.2) is 0 Å². The largest absolute Gasteiger partial charge is 0.375 e. The van der Waals surface area contributed by atoms with Gasteiger partial charge in [-0.1, -0.05) is 0 Å². The van der Waals surface area contributed by atoms with Crippen LogP contribution >= 0.6 is 0 Å². The first-order valence-corrected chi connectivity index (χ1v) is 11.3. The van der Waals surface area contributed by atoms with Crippen molar-refractivity contribution >= 4 is 21.8 Å². The van der Waals surface area contributed by atoms with Gasteiger partial charge in [-0.05, 0) is 37.0 Å². The molecule has 0 aromatic heterocycles. The van der Waals surface area contributed by atoms with Crippen molar-refractivity contribution < 1.29 is 22.7 Å². The lowest BCUT2D eigenvalue weighted by molar-refractivity contribution is -0.143. The van der Waals surface area contributed by atoms with Gasteiger partial charge in [-0.25, -0.2) is 12.7 Å². The Kier molecular flexibility index (Phi) is 5.33. The van der Waals surface area contributed by atoms with Gasteiger partial charge >= 0.3 is 0 Å². The zero-order chi connectivity index (χ0) is 20.0. The average Bonchev–Trinajstić information content (AvgIpc) is 3.13. The summed E-state index contributed by atoms with van der Waals surface area (Å²) in [6, 6.07) is 0. The minimum Gasteiger partial charge on any atom is -0.375 e. The van der Waals surface area contributed by atoms with Crippen molar-refractivity contribution in [1.82, 2.24) is 14.1 Å². The predicted octanol–water partition coefficient (Wildman–Crippen LogP) is 0.00140. The van der Waals surface area contributed by atoms with Crippen LogP contribution in [0.3, 0.4) is 0 Å². The van der Waals surface area contributed by atoms with Gasteiger partial charge in [0.05, 0.1) is 11.7 Å². The number of carbonyl (C=O) groups is 2. The Morgan fingerprint density at radius 1 is 1.15 bits per heavy atom. The van der Waals surface area contributed by atoms with E-state index in [-0.39, 0.29) is 36.3 Å². The SMILES string of the molecule is COCC(=O)N1CCC2(CC1)CC[C@]1(C(=O)N(C)C)CN(S(C)(=O)=O)C[C@H]21. The summed E-state index contributed by atoms with van der Waals surface area (Å²) in [5, 5.41) is 0. The summed E-state index contributed by atoms with van der Waals surface area (Å²) < 4.78 is 30.9. The number of sulfonamides is 1. The summed E-state index contributed by atoms with van der Waals surface area (Å²) in [7, 11) is 1.66. The molecule has 2 saturated heterocycles. The van der Waals surface area contributed by atoms with E-state index in [1.54, 1.807) is 19.0 Å². The van der Waals surface area contributed by atoms with E-state index < -0.39 is 15.4 Å². The van der Waals surface area contributed by atoms with Crippen molar-refractivity contribution in [2.24, 2.45) is 16.7 Å². The molecule has 2 atom stereocenters. The maximum absolute atomic E-state index is 13.1. The molecule has 3 fully saturated rings. The standard InChI is InChI=1S/C18H31N3O5S/c1-19(2)16(23)18-6-5-17(14(18)11-21(13-18)27(4,24)25)7-9-20(10-8-17)15(22)12-26-3/h14H,5-13H2,1-4H3/t14-,18+/m1/s1. The lowest BCUT2D eigenvalue weighted by Gasteiger charge is -2.44. The van der Waals surface area contributed by atoms with Crippen molar-refractivity contribution in [3.63, 3.8) is 0 Å². The molecule has 0 unspecified atom stereocenters. The summed E-state index contributed by atoms with van der Waals surface area (Å²) in [5.41, 5.74) is -0.708.